The van der Waals surface area contributed by atoms with Crippen LogP contribution in [-0.2, 0) is 0 Å². The molecule has 11 heteroatoms. The highest BCUT2D eigenvalue weighted by Gasteiger charge is 2.32. The molecule has 0 unspecified atom stereocenters. The number of H-pyrrole nitrogens is 1. The average Bonchev–Trinajstić information content (AvgIpc) is 3.05. The molecule has 1 aromatic heterocycles. The summed E-state index contributed by atoms with van der Waals surface area (Å²) in [5, 5.41) is 19.7. The predicted octanol–water partition coefficient (Wildman–Crippen LogP) is 4.87. The number of alkyl halides is 3. The topological polar surface area (TPSA) is 88.1 Å². The lowest BCUT2D eigenvalue weighted by atomic mass is 9.84. The van der Waals surface area contributed by atoms with E-state index in [1.807, 2.05) is 0 Å². The number of carbonyl (C=O) groups is 1. The zero-order valence-corrected chi connectivity index (χ0v) is 15.4. The number of aromatic nitrogens is 3. The summed E-state index contributed by atoms with van der Waals surface area (Å²) in [5.41, 5.74) is 0.594. The third-order valence-electron chi connectivity index (χ3n) is 4.32. The van der Waals surface area contributed by atoms with Crippen molar-refractivity contribution in [3.63, 3.8) is 0 Å². The SMILES string of the molecule is O=C(O)c1[nH]nnc1SC1CCC(c2cc(OC(F)(F)F)ccc2Cl)CC1. The normalized spacial score (nSPS) is 20.4. The number of aromatic amines is 1. The molecular weight excluding hydrogens is 407 g/mol. The van der Waals surface area contributed by atoms with Crippen LogP contribution in [0, 0.1) is 0 Å². The highest BCUT2D eigenvalue weighted by Crippen LogP contribution is 2.43. The van der Waals surface area contributed by atoms with Crippen molar-refractivity contribution in [3.8, 4) is 5.75 Å². The van der Waals surface area contributed by atoms with E-state index in [2.05, 4.69) is 20.1 Å². The first-order valence-corrected chi connectivity index (χ1v) is 9.35. The molecule has 1 fully saturated rings. The third kappa shape index (κ3) is 5.07. The van der Waals surface area contributed by atoms with E-state index in [4.69, 9.17) is 16.7 Å². The van der Waals surface area contributed by atoms with Crippen molar-refractivity contribution in [2.75, 3.05) is 0 Å². The highest BCUT2D eigenvalue weighted by molar-refractivity contribution is 7.99. The van der Waals surface area contributed by atoms with Crippen LogP contribution in [0.3, 0.4) is 0 Å². The number of carboxylic acids is 1. The van der Waals surface area contributed by atoms with E-state index in [-0.39, 0.29) is 22.6 Å². The Morgan fingerprint density at radius 2 is 2.00 bits per heavy atom. The monoisotopic (exact) mass is 421 g/mol. The van der Waals surface area contributed by atoms with Crippen molar-refractivity contribution in [3.05, 3.63) is 34.5 Å². The minimum Gasteiger partial charge on any atom is -0.476 e. The fourth-order valence-electron chi connectivity index (χ4n) is 3.12. The summed E-state index contributed by atoms with van der Waals surface area (Å²) in [6.45, 7) is 0. The van der Waals surface area contributed by atoms with Crippen molar-refractivity contribution in [2.45, 2.75) is 48.2 Å². The lowest BCUT2D eigenvalue weighted by Crippen LogP contribution is -2.18. The molecule has 1 aliphatic rings. The lowest BCUT2D eigenvalue weighted by Gasteiger charge is -2.28. The van der Waals surface area contributed by atoms with Crippen LogP contribution >= 0.6 is 23.4 Å². The molecule has 0 aliphatic heterocycles. The number of halogens is 4. The second-order valence-corrected chi connectivity index (χ2v) is 7.82. The smallest absolute Gasteiger partial charge is 0.476 e. The summed E-state index contributed by atoms with van der Waals surface area (Å²) < 4.78 is 41.2. The maximum absolute atomic E-state index is 12.4. The number of ether oxygens (including phenoxy) is 1. The van der Waals surface area contributed by atoms with Crippen molar-refractivity contribution < 1.29 is 27.8 Å². The summed E-state index contributed by atoms with van der Waals surface area (Å²) in [4.78, 5) is 11.1. The molecule has 2 N–H and O–H groups in total. The first kappa shape index (κ1) is 19.8. The quantitative estimate of drug-likeness (QED) is 0.715. The molecule has 0 saturated heterocycles. The molecule has 1 aromatic carbocycles. The number of nitrogens with one attached hydrogen (secondary N) is 1. The van der Waals surface area contributed by atoms with Crippen LogP contribution < -0.4 is 4.74 Å². The van der Waals surface area contributed by atoms with Gasteiger partial charge in [0.05, 0.1) is 0 Å². The molecule has 0 bridgehead atoms. The highest BCUT2D eigenvalue weighted by atomic mass is 35.5. The van der Waals surface area contributed by atoms with Gasteiger partial charge in [-0.05, 0) is 55.4 Å². The number of carboxylic acid groups (broad SMARTS) is 1. The predicted molar refractivity (Wildman–Crippen MR) is 92.3 cm³/mol. The Kier molecular flexibility index (Phi) is 5.85. The largest absolute Gasteiger partial charge is 0.573 e. The summed E-state index contributed by atoms with van der Waals surface area (Å²) in [6, 6.07) is 3.94. The second-order valence-electron chi connectivity index (χ2n) is 6.12. The molecule has 1 saturated carbocycles. The van der Waals surface area contributed by atoms with Crippen molar-refractivity contribution in [1.82, 2.24) is 15.4 Å². The number of thioether (sulfide) groups is 1. The Hall–Kier alpha value is -1.94. The molecule has 6 nitrogen and oxygen atoms in total. The summed E-state index contributed by atoms with van der Waals surface area (Å²) >= 11 is 7.52. The molecule has 27 heavy (non-hydrogen) atoms. The zero-order valence-electron chi connectivity index (χ0n) is 13.8. The van der Waals surface area contributed by atoms with Gasteiger partial charge in [-0.25, -0.2) is 4.79 Å². The summed E-state index contributed by atoms with van der Waals surface area (Å²) in [6.07, 6.45) is -1.82. The van der Waals surface area contributed by atoms with Gasteiger partial charge in [-0.2, -0.15) is 0 Å². The van der Waals surface area contributed by atoms with Crippen molar-refractivity contribution in [1.29, 1.82) is 0 Å². The van der Waals surface area contributed by atoms with Gasteiger partial charge in [-0.1, -0.05) is 28.6 Å². The Bertz CT molecular complexity index is 823. The van der Waals surface area contributed by atoms with Gasteiger partial charge >= 0.3 is 12.3 Å². The average molecular weight is 422 g/mol. The fourth-order valence-corrected chi connectivity index (χ4v) is 4.56. The maximum Gasteiger partial charge on any atom is 0.573 e. The van der Waals surface area contributed by atoms with Crippen molar-refractivity contribution >= 4 is 29.3 Å². The molecule has 0 atom stereocenters. The Morgan fingerprint density at radius 1 is 1.30 bits per heavy atom. The second kappa shape index (κ2) is 7.97. The molecule has 0 spiro atoms. The van der Waals surface area contributed by atoms with Crippen LogP contribution in [0.2, 0.25) is 5.02 Å². The molecule has 1 aliphatic carbocycles. The Labute approximate surface area is 161 Å². The number of hydrogen-bond donors (Lipinski definition) is 2. The van der Waals surface area contributed by atoms with Crippen LogP contribution in [0.15, 0.2) is 23.2 Å². The third-order valence-corrected chi connectivity index (χ3v) is 5.98. The number of aromatic carboxylic acids is 1. The van der Waals surface area contributed by atoms with Gasteiger partial charge in [0.2, 0.25) is 0 Å². The summed E-state index contributed by atoms with van der Waals surface area (Å²) in [5.74, 6) is -1.39. The van der Waals surface area contributed by atoms with Crippen LogP contribution in [0.5, 0.6) is 5.75 Å². The van der Waals surface area contributed by atoms with Crippen LogP contribution in [0.1, 0.15) is 47.7 Å². The van der Waals surface area contributed by atoms with E-state index in [1.165, 1.54) is 30.0 Å². The molecule has 0 amide bonds. The van der Waals surface area contributed by atoms with Gasteiger partial charge in [0.15, 0.2) is 10.7 Å². The van der Waals surface area contributed by atoms with Crippen LogP contribution in [0.25, 0.3) is 0 Å². The van der Waals surface area contributed by atoms with E-state index in [0.717, 1.165) is 12.8 Å². The molecule has 146 valence electrons. The number of benzene rings is 1. The van der Waals surface area contributed by atoms with Gasteiger partial charge < -0.3 is 9.84 Å². The Balaban J connectivity index is 1.64. The van der Waals surface area contributed by atoms with E-state index in [1.54, 1.807) is 0 Å². The van der Waals surface area contributed by atoms with Crippen molar-refractivity contribution in [2.24, 2.45) is 0 Å². The van der Waals surface area contributed by atoms with Crippen LogP contribution in [-0.4, -0.2) is 38.1 Å². The number of nitrogens with zero attached hydrogens (tertiary/aromatic N) is 2. The van der Waals surface area contributed by atoms with Gasteiger partial charge in [0.1, 0.15) is 5.75 Å². The van der Waals surface area contributed by atoms with Crippen LogP contribution in [0.4, 0.5) is 13.2 Å². The zero-order chi connectivity index (χ0) is 19.6. The molecule has 1 heterocycles. The van der Waals surface area contributed by atoms with Gasteiger partial charge in [0.25, 0.3) is 0 Å². The van der Waals surface area contributed by atoms with E-state index < -0.39 is 12.3 Å². The maximum atomic E-state index is 12.4. The molecule has 3 rings (SSSR count). The Morgan fingerprint density at radius 3 is 2.63 bits per heavy atom. The minimum atomic E-state index is -4.75. The number of rotatable bonds is 5. The fraction of sp³-hybridized carbons (Fsp3) is 0.438. The van der Waals surface area contributed by atoms with E-state index in [9.17, 15) is 18.0 Å². The summed E-state index contributed by atoms with van der Waals surface area (Å²) in [7, 11) is 0. The first-order valence-electron chi connectivity index (χ1n) is 8.09. The van der Waals surface area contributed by atoms with E-state index in [0.29, 0.717) is 28.5 Å². The molecule has 2 aromatic rings. The molecule has 0 radical (unpaired) electrons. The van der Waals surface area contributed by atoms with Gasteiger partial charge in [0, 0.05) is 10.3 Å². The minimum absolute atomic E-state index is 0.0161. The van der Waals surface area contributed by atoms with E-state index >= 15 is 0 Å². The molecular formula is C16H15ClF3N3O3S. The van der Waals surface area contributed by atoms with Gasteiger partial charge in [-0.15, -0.1) is 18.3 Å². The number of hydrogen-bond acceptors (Lipinski definition) is 5. The lowest BCUT2D eigenvalue weighted by molar-refractivity contribution is -0.274. The standard InChI is InChI=1S/C16H15ClF3N3O3S/c17-12-6-3-9(26-16(18,19)20)7-11(12)8-1-4-10(5-2-8)27-14-13(15(24)25)21-23-22-14/h3,6-8,10H,1-2,4-5H2,(H,24,25)(H,21,22,23). The van der Waals surface area contributed by atoms with Gasteiger partial charge in [-0.3, -0.25) is 5.10 Å². The first-order chi connectivity index (χ1) is 12.7.